The Morgan fingerprint density at radius 2 is 2.20 bits per heavy atom. The molecule has 0 aliphatic heterocycles. The summed E-state index contributed by atoms with van der Waals surface area (Å²) >= 11 is 0. The lowest BCUT2D eigenvalue weighted by Gasteiger charge is -2.02. The first kappa shape index (κ1) is 9.98. The van der Waals surface area contributed by atoms with Crippen molar-refractivity contribution in [1.29, 1.82) is 0 Å². The van der Waals surface area contributed by atoms with E-state index in [4.69, 9.17) is 0 Å². The van der Waals surface area contributed by atoms with Gasteiger partial charge in [-0.1, -0.05) is 12.1 Å². The van der Waals surface area contributed by atoms with E-state index < -0.39 is 0 Å². The Kier molecular flexibility index (Phi) is 2.87. The zero-order valence-corrected chi connectivity index (χ0v) is 8.79. The van der Waals surface area contributed by atoms with E-state index in [-0.39, 0.29) is 5.69 Å². The molecule has 0 fully saturated rings. The van der Waals surface area contributed by atoms with Crippen LogP contribution in [0.2, 0.25) is 0 Å². The first-order valence-corrected chi connectivity index (χ1v) is 5.15. The molecule has 0 saturated carbocycles. The molecule has 0 saturated heterocycles. The molecule has 0 amide bonds. The number of rotatable bonds is 4. The largest absolute Gasteiger partial charge is 0.326 e. The van der Waals surface area contributed by atoms with Gasteiger partial charge in [0.15, 0.2) is 0 Å². The molecule has 1 aromatic carbocycles. The van der Waals surface area contributed by atoms with Crippen LogP contribution in [0.5, 0.6) is 0 Å². The van der Waals surface area contributed by atoms with Crippen LogP contribution in [0.4, 0.5) is 0 Å². The molecule has 0 bridgehead atoms. The molecule has 1 heterocycles. The van der Waals surface area contributed by atoms with Crippen LogP contribution in [-0.2, 0) is 6.54 Å². The molecule has 4 nitrogen and oxygen atoms in total. The van der Waals surface area contributed by atoms with Gasteiger partial charge in [-0.05, 0) is 32.1 Å². The Hall–Kier alpha value is -1.55. The van der Waals surface area contributed by atoms with Gasteiger partial charge < -0.3 is 10.3 Å². The number of aromatic amines is 1. The van der Waals surface area contributed by atoms with Gasteiger partial charge >= 0.3 is 5.69 Å². The standard InChI is InChI=1S/C11H15N3O/c1-12-7-4-8-14-10-6-3-2-5-9(10)13-11(14)15/h2-3,5-6,12H,4,7-8H2,1H3,(H,13,15). The summed E-state index contributed by atoms with van der Waals surface area (Å²) < 4.78 is 1.78. The normalized spacial score (nSPS) is 11.0. The maximum Gasteiger partial charge on any atom is 0.326 e. The van der Waals surface area contributed by atoms with E-state index in [2.05, 4.69) is 10.3 Å². The maximum atomic E-state index is 11.6. The second kappa shape index (κ2) is 4.31. The molecular weight excluding hydrogens is 190 g/mol. The highest BCUT2D eigenvalue weighted by Crippen LogP contribution is 2.08. The van der Waals surface area contributed by atoms with Gasteiger partial charge in [0.05, 0.1) is 11.0 Å². The molecule has 0 radical (unpaired) electrons. The molecule has 2 rings (SSSR count). The molecular formula is C11H15N3O. The maximum absolute atomic E-state index is 11.6. The van der Waals surface area contributed by atoms with E-state index in [1.54, 1.807) is 4.57 Å². The summed E-state index contributed by atoms with van der Waals surface area (Å²) in [6.45, 7) is 1.68. The van der Waals surface area contributed by atoms with Gasteiger partial charge in [0, 0.05) is 6.54 Å². The molecule has 15 heavy (non-hydrogen) atoms. The fourth-order valence-electron chi connectivity index (χ4n) is 1.74. The number of nitrogens with zero attached hydrogens (tertiary/aromatic N) is 1. The average molecular weight is 205 g/mol. The van der Waals surface area contributed by atoms with E-state index in [1.165, 1.54) is 0 Å². The SMILES string of the molecule is CNCCCn1c(=O)[nH]c2ccccc21. The van der Waals surface area contributed by atoms with Crippen LogP contribution >= 0.6 is 0 Å². The number of H-pyrrole nitrogens is 1. The van der Waals surface area contributed by atoms with Crippen molar-refractivity contribution < 1.29 is 0 Å². The Morgan fingerprint density at radius 3 is 3.00 bits per heavy atom. The third-order valence-electron chi connectivity index (χ3n) is 2.49. The van der Waals surface area contributed by atoms with Crippen molar-refractivity contribution in [3.63, 3.8) is 0 Å². The zero-order chi connectivity index (χ0) is 10.7. The average Bonchev–Trinajstić information content (AvgIpc) is 2.56. The van der Waals surface area contributed by atoms with Gasteiger partial charge in [0.2, 0.25) is 0 Å². The number of aromatic nitrogens is 2. The number of hydrogen-bond acceptors (Lipinski definition) is 2. The van der Waals surface area contributed by atoms with Crippen LogP contribution in [-0.4, -0.2) is 23.1 Å². The molecule has 2 N–H and O–H groups in total. The predicted octanol–water partition coefficient (Wildman–Crippen LogP) is 0.939. The molecule has 0 aliphatic carbocycles. The predicted molar refractivity (Wildman–Crippen MR) is 61.1 cm³/mol. The highest BCUT2D eigenvalue weighted by molar-refractivity contribution is 5.74. The lowest BCUT2D eigenvalue weighted by molar-refractivity contribution is 0.611. The molecule has 2 aromatic rings. The number of benzene rings is 1. The van der Waals surface area contributed by atoms with Gasteiger partial charge in [-0.15, -0.1) is 0 Å². The van der Waals surface area contributed by atoms with E-state index in [0.29, 0.717) is 0 Å². The van der Waals surface area contributed by atoms with Gasteiger partial charge in [-0.25, -0.2) is 4.79 Å². The molecule has 1 aromatic heterocycles. The molecule has 0 spiro atoms. The lowest BCUT2D eigenvalue weighted by Crippen LogP contribution is -2.19. The second-order valence-electron chi connectivity index (χ2n) is 3.56. The minimum absolute atomic E-state index is 0.0210. The number of imidazole rings is 1. The van der Waals surface area contributed by atoms with E-state index >= 15 is 0 Å². The van der Waals surface area contributed by atoms with E-state index in [0.717, 1.165) is 30.5 Å². The summed E-state index contributed by atoms with van der Waals surface area (Å²) in [5, 5.41) is 3.07. The summed E-state index contributed by atoms with van der Waals surface area (Å²) in [6, 6.07) is 7.76. The van der Waals surface area contributed by atoms with Crippen molar-refractivity contribution in [2.75, 3.05) is 13.6 Å². The highest BCUT2D eigenvalue weighted by Gasteiger charge is 2.04. The third-order valence-corrected chi connectivity index (χ3v) is 2.49. The fourth-order valence-corrected chi connectivity index (χ4v) is 1.74. The first-order valence-electron chi connectivity index (χ1n) is 5.15. The van der Waals surface area contributed by atoms with Crippen molar-refractivity contribution in [3.05, 3.63) is 34.7 Å². The molecule has 0 aliphatic rings. The summed E-state index contributed by atoms with van der Waals surface area (Å²) in [5.74, 6) is 0. The molecule has 0 atom stereocenters. The van der Waals surface area contributed by atoms with Gasteiger partial charge in [0.25, 0.3) is 0 Å². The monoisotopic (exact) mass is 205 g/mol. The van der Waals surface area contributed by atoms with E-state index in [1.807, 2.05) is 31.3 Å². The van der Waals surface area contributed by atoms with Gasteiger partial charge in [-0.3, -0.25) is 4.57 Å². The number of para-hydroxylation sites is 2. The summed E-state index contributed by atoms with van der Waals surface area (Å²) in [5.41, 5.74) is 1.87. The molecule has 80 valence electrons. The second-order valence-corrected chi connectivity index (χ2v) is 3.56. The Bertz CT molecular complexity index is 498. The van der Waals surface area contributed by atoms with Crippen LogP contribution in [0.1, 0.15) is 6.42 Å². The first-order chi connectivity index (χ1) is 7.33. The smallest absolute Gasteiger partial charge is 0.320 e. The van der Waals surface area contributed by atoms with Crippen LogP contribution in [0.3, 0.4) is 0 Å². The van der Waals surface area contributed by atoms with E-state index in [9.17, 15) is 4.79 Å². The van der Waals surface area contributed by atoms with Crippen molar-refractivity contribution in [2.45, 2.75) is 13.0 Å². The quantitative estimate of drug-likeness (QED) is 0.730. The summed E-state index contributed by atoms with van der Waals surface area (Å²) in [4.78, 5) is 14.5. The fraction of sp³-hybridized carbons (Fsp3) is 0.364. The zero-order valence-electron chi connectivity index (χ0n) is 8.79. The minimum Gasteiger partial charge on any atom is -0.320 e. The van der Waals surface area contributed by atoms with Gasteiger partial charge in [0.1, 0.15) is 0 Å². The third kappa shape index (κ3) is 1.94. The van der Waals surface area contributed by atoms with Crippen LogP contribution in [0.25, 0.3) is 11.0 Å². The highest BCUT2D eigenvalue weighted by atomic mass is 16.1. The number of fused-ring (bicyclic) bond motifs is 1. The van der Waals surface area contributed by atoms with Crippen molar-refractivity contribution >= 4 is 11.0 Å². The van der Waals surface area contributed by atoms with Gasteiger partial charge in [-0.2, -0.15) is 0 Å². The van der Waals surface area contributed by atoms with Crippen molar-refractivity contribution in [2.24, 2.45) is 0 Å². The van der Waals surface area contributed by atoms with Crippen LogP contribution in [0.15, 0.2) is 29.1 Å². The topological polar surface area (TPSA) is 49.8 Å². The Labute approximate surface area is 87.9 Å². The van der Waals surface area contributed by atoms with Crippen LogP contribution < -0.4 is 11.0 Å². The number of hydrogen-bond donors (Lipinski definition) is 2. The summed E-state index contributed by atoms with van der Waals surface area (Å²) in [6.07, 6.45) is 0.957. The summed E-state index contributed by atoms with van der Waals surface area (Å²) in [7, 11) is 1.91. The Morgan fingerprint density at radius 1 is 1.40 bits per heavy atom. The number of nitrogens with one attached hydrogen (secondary N) is 2. The van der Waals surface area contributed by atoms with Crippen LogP contribution in [0, 0.1) is 0 Å². The molecule has 4 heteroatoms. The van der Waals surface area contributed by atoms with Crippen molar-refractivity contribution in [1.82, 2.24) is 14.9 Å². The minimum atomic E-state index is -0.0210. The van der Waals surface area contributed by atoms with Crippen molar-refractivity contribution in [3.8, 4) is 0 Å². The lowest BCUT2D eigenvalue weighted by atomic mass is 10.3. The Balaban J connectivity index is 2.33. The number of aryl methyl sites for hydroxylation is 1. The molecule has 0 unspecified atom stereocenters.